The molecule has 0 amide bonds. The number of aryl methyl sites for hydroxylation is 1. The lowest BCUT2D eigenvalue weighted by Gasteiger charge is -2.21. The van der Waals surface area contributed by atoms with E-state index in [1.54, 1.807) is 19.1 Å². The molecule has 0 aromatic heterocycles. The molecule has 0 radical (unpaired) electrons. The molecule has 0 bridgehead atoms. The predicted molar refractivity (Wildman–Crippen MR) is 58.5 cm³/mol. The number of rotatable bonds is 3. The van der Waals surface area contributed by atoms with Crippen LogP contribution in [-0.2, 0) is 10.2 Å². The highest BCUT2D eigenvalue weighted by Gasteiger charge is 2.36. The van der Waals surface area contributed by atoms with Gasteiger partial charge >= 0.3 is 5.97 Å². The van der Waals surface area contributed by atoms with Crippen molar-refractivity contribution in [3.63, 3.8) is 0 Å². The molecular weight excluding hydrogens is 210 g/mol. The minimum absolute atomic E-state index is 0.146. The molecule has 0 atom stereocenters. The zero-order valence-corrected chi connectivity index (χ0v) is 9.35. The molecule has 0 fully saturated rings. The maximum atomic E-state index is 11.1. The van der Waals surface area contributed by atoms with Crippen molar-refractivity contribution in [1.82, 2.24) is 0 Å². The quantitative estimate of drug-likeness (QED) is 0.629. The molecule has 1 rings (SSSR count). The van der Waals surface area contributed by atoms with E-state index in [-0.39, 0.29) is 11.3 Å². The molecule has 0 aliphatic heterocycles. The van der Waals surface area contributed by atoms with E-state index in [9.17, 15) is 14.9 Å². The average molecular weight is 223 g/mol. The van der Waals surface area contributed by atoms with Crippen LogP contribution >= 0.6 is 0 Å². The molecule has 16 heavy (non-hydrogen) atoms. The molecule has 86 valence electrons. The second-order valence-electron chi connectivity index (χ2n) is 4.16. The van der Waals surface area contributed by atoms with E-state index in [0.717, 1.165) is 0 Å². The number of nitro benzene ring substituents is 1. The fraction of sp³-hybridized carbons (Fsp3) is 0.364. The number of carboxylic acids is 1. The number of nitro groups is 1. The van der Waals surface area contributed by atoms with Crippen LogP contribution in [-0.4, -0.2) is 16.0 Å². The topological polar surface area (TPSA) is 80.4 Å². The second kappa shape index (κ2) is 3.92. The summed E-state index contributed by atoms with van der Waals surface area (Å²) in [5.41, 5.74) is -0.546. The predicted octanol–water partition coefficient (Wildman–Crippen LogP) is 2.27. The first kappa shape index (κ1) is 12.2. The largest absolute Gasteiger partial charge is 0.481 e. The van der Waals surface area contributed by atoms with Crippen molar-refractivity contribution >= 4 is 11.7 Å². The Balaban J connectivity index is 3.54. The summed E-state index contributed by atoms with van der Waals surface area (Å²) in [5, 5.41) is 20.0. The average Bonchev–Trinajstić information content (AvgIpc) is 2.16. The number of hydrogen-bond acceptors (Lipinski definition) is 3. The number of aliphatic carboxylic acids is 1. The molecular formula is C11H13NO4. The van der Waals surface area contributed by atoms with Gasteiger partial charge in [0.1, 0.15) is 0 Å². The van der Waals surface area contributed by atoms with Crippen molar-refractivity contribution in [2.45, 2.75) is 26.2 Å². The summed E-state index contributed by atoms with van der Waals surface area (Å²) in [5.74, 6) is -1.08. The number of benzene rings is 1. The van der Waals surface area contributed by atoms with E-state index in [1.165, 1.54) is 19.9 Å². The fourth-order valence-corrected chi connectivity index (χ4v) is 1.72. The molecule has 0 aliphatic carbocycles. The Labute approximate surface area is 92.9 Å². The lowest BCUT2D eigenvalue weighted by Crippen LogP contribution is -2.30. The Hall–Kier alpha value is -1.91. The third-order valence-corrected chi connectivity index (χ3v) is 2.61. The number of carboxylic acid groups (broad SMARTS) is 1. The summed E-state index contributed by atoms with van der Waals surface area (Å²) in [4.78, 5) is 21.4. The number of hydrogen-bond donors (Lipinski definition) is 1. The maximum Gasteiger partial charge on any atom is 0.313 e. The van der Waals surface area contributed by atoms with Crippen LogP contribution in [0.1, 0.15) is 25.0 Å². The molecule has 5 heteroatoms. The van der Waals surface area contributed by atoms with E-state index in [1.807, 2.05) is 0 Å². The SMILES string of the molecule is Cc1cccc([N+](=O)[O-])c1C(C)(C)C(=O)O. The Bertz CT molecular complexity index is 451. The van der Waals surface area contributed by atoms with Crippen molar-refractivity contribution in [3.05, 3.63) is 39.4 Å². The Morgan fingerprint density at radius 1 is 1.44 bits per heavy atom. The summed E-state index contributed by atoms with van der Waals surface area (Å²) in [6.07, 6.45) is 0. The monoisotopic (exact) mass is 223 g/mol. The van der Waals surface area contributed by atoms with Gasteiger partial charge in [-0.3, -0.25) is 14.9 Å². The zero-order valence-electron chi connectivity index (χ0n) is 9.35. The molecule has 0 saturated carbocycles. The standard InChI is InChI=1S/C11H13NO4/c1-7-5-4-6-8(12(15)16)9(7)11(2,3)10(13)14/h4-6H,1-3H3,(H,13,14). The number of carbonyl (C=O) groups is 1. The van der Waals surface area contributed by atoms with Crippen LogP contribution < -0.4 is 0 Å². The van der Waals surface area contributed by atoms with Gasteiger partial charge in [0.25, 0.3) is 5.69 Å². The normalized spacial score (nSPS) is 11.2. The second-order valence-corrected chi connectivity index (χ2v) is 4.16. The zero-order chi connectivity index (χ0) is 12.5. The third-order valence-electron chi connectivity index (χ3n) is 2.61. The highest BCUT2D eigenvalue weighted by atomic mass is 16.6. The van der Waals surface area contributed by atoms with E-state index >= 15 is 0 Å². The van der Waals surface area contributed by atoms with Gasteiger partial charge in [-0.25, -0.2) is 0 Å². The first-order valence-electron chi connectivity index (χ1n) is 4.76. The first-order chi connectivity index (χ1) is 7.28. The molecule has 1 aromatic carbocycles. The molecule has 0 aliphatic rings. The third kappa shape index (κ3) is 1.88. The lowest BCUT2D eigenvalue weighted by molar-refractivity contribution is -0.386. The van der Waals surface area contributed by atoms with Crippen molar-refractivity contribution in [2.75, 3.05) is 0 Å². The van der Waals surface area contributed by atoms with Gasteiger partial charge in [0, 0.05) is 11.6 Å². The summed E-state index contributed by atoms with van der Waals surface area (Å²) >= 11 is 0. The minimum Gasteiger partial charge on any atom is -0.481 e. The molecule has 0 heterocycles. The van der Waals surface area contributed by atoms with Gasteiger partial charge in [-0.2, -0.15) is 0 Å². The molecule has 0 unspecified atom stereocenters. The molecule has 1 aromatic rings. The van der Waals surface area contributed by atoms with Crippen LogP contribution in [0.15, 0.2) is 18.2 Å². The first-order valence-corrected chi connectivity index (χ1v) is 4.76. The van der Waals surface area contributed by atoms with Gasteiger partial charge in [0.15, 0.2) is 0 Å². The van der Waals surface area contributed by atoms with Crippen LogP contribution in [0.4, 0.5) is 5.69 Å². The van der Waals surface area contributed by atoms with Crippen LogP contribution in [0, 0.1) is 17.0 Å². The van der Waals surface area contributed by atoms with Crippen molar-refractivity contribution < 1.29 is 14.8 Å². The molecule has 5 nitrogen and oxygen atoms in total. The highest BCUT2D eigenvalue weighted by molar-refractivity contribution is 5.82. The Morgan fingerprint density at radius 2 is 2.00 bits per heavy atom. The minimum atomic E-state index is -1.27. The van der Waals surface area contributed by atoms with Crippen LogP contribution in [0.5, 0.6) is 0 Å². The van der Waals surface area contributed by atoms with Gasteiger partial charge in [0.2, 0.25) is 0 Å². The summed E-state index contributed by atoms with van der Waals surface area (Å²) < 4.78 is 0. The van der Waals surface area contributed by atoms with E-state index in [4.69, 9.17) is 5.11 Å². The van der Waals surface area contributed by atoms with Crippen LogP contribution in [0.25, 0.3) is 0 Å². The molecule has 0 saturated heterocycles. The van der Waals surface area contributed by atoms with Crippen LogP contribution in [0.3, 0.4) is 0 Å². The summed E-state index contributed by atoms with van der Waals surface area (Å²) in [7, 11) is 0. The van der Waals surface area contributed by atoms with Crippen molar-refractivity contribution in [2.24, 2.45) is 0 Å². The van der Waals surface area contributed by atoms with Gasteiger partial charge in [-0.15, -0.1) is 0 Å². The lowest BCUT2D eigenvalue weighted by atomic mass is 9.81. The van der Waals surface area contributed by atoms with Gasteiger partial charge < -0.3 is 5.11 Å². The Morgan fingerprint density at radius 3 is 2.44 bits per heavy atom. The molecule has 1 N–H and O–H groups in total. The summed E-state index contributed by atoms with van der Waals surface area (Å²) in [6.45, 7) is 4.60. The van der Waals surface area contributed by atoms with E-state index in [0.29, 0.717) is 5.56 Å². The molecule has 0 spiro atoms. The fourth-order valence-electron chi connectivity index (χ4n) is 1.72. The van der Waals surface area contributed by atoms with E-state index in [2.05, 4.69) is 0 Å². The van der Waals surface area contributed by atoms with Crippen LogP contribution in [0.2, 0.25) is 0 Å². The Kier molecular flexibility index (Phi) is 2.98. The highest BCUT2D eigenvalue weighted by Crippen LogP contribution is 2.34. The van der Waals surface area contributed by atoms with Crippen molar-refractivity contribution in [1.29, 1.82) is 0 Å². The van der Waals surface area contributed by atoms with Crippen molar-refractivity contribution in [3.8, 4) is 0 Å². The summed E-state index contributed by atoms with van der Waals surface area (Å²) in [6, 6.07) is 4.55. The number of nitrogens with zero attached hydrogens (tertiary/aromatic N) is 1. The van der Waals surface area contributed by atoms with Gasteiger partial charge in [0.05, 0.1) is 10.3 Å². The van der Waals surface area contributed by atoms with Gasteiger partial charge in [-0.05, 0) is 26.3 Å². The maximum absolute atomic E-state index is 11.1. The smallest absolute Gasteiger partial charge is 0.313 e. The van der Waals surface area contributed by atoms with Gasteiger partial charge in [-0.1, -0.05) is 12.1 Å². The van der Waals surface area contributed by atoms with E-state index < -0.39 is 16.3 Å².